The van der Waals surface area contributed by atoms with Crippen LogP contribution in [-0.4, -0.2) is 18.0 Å². The molecule has 100 valence electrons. The number of nitrogens with one attached hydrogen (secondary N) is 2. The van der Waals surface area contributed by atoms with Gasteiger partial charge in [-0.15, -0.1) is 0 Å². The van der Waals surface area contributed by atoms with E-state index in [-0.39, 0.29) is 29.8 Å². The number of hydrogen-bond acceptors (Lipinski definition) is 2. The van der Waals surface area contributed by atoms with E-state index in [1.54, 1.807) is 18.2 Å². The monoisotopic (exact) mass is 252 g/mol. The molecule has 0 bridgehead atoms. The normalized spacial score (nSPS) is 13.2. The zero-order valence-electron chi connectivity index (χ0n) is 11.4. The molecule has 1 aromatic carbocycles. The highest BCUT2D eigenvalue weighted by atomic mass is 19.1. The van der Waals surface area contributed by atoms with Crippen molar-refractivity contribution < 1.29 is 9.18 Å². The lowest BCUT2D eigenvalue weighted by atomic mass is 10.1. The van der Waals surface area contributed by atoms with Crippen LogP contribution in [0, 0.1) is 5.82 Å². The average molecular weight is 252 g/mol. The van der Waals surface area contributed by atoms with Crippen LogP contribution < -0.4 is 10.6 Å². The van der Waals surface area contributed by atoms with Gasteiger partial charge in [-0.2, -0.15) is 0 Å². The molecule has 1 rings (SSSR count). The summed E-state index contributed by atoms with van der Waals surface area (Å²) in [5.74, 6) is -0.348. The lowest BCUT2D eigenvalue weighted by molar-refractivity contribution is -0.121. The molecule has 1 amide bonds. The predicted molar refractivity (Wildman–Crippen MR) is 70.7 cm³/mol. The standard InChI is InChI=1S/C14H21FN2O/c1-10(11-7-5-6-8-12(11)15)16-9-13(18)17-14(2,3)4/h5-8,10,16H,9H2,1-4H3,(H,17,18)/t10-/m1/s1. The van der Waals surface area contributed by atoms with Crippen molar-refractivity contribution in [3.05, 3.63) is 35.6 Å². The topological polar surface area (TPSA) is 41.1 Å². The summed E-state index contributed by atoms with van der Waals surface area (Å²) in [6.45, 7) is 7.77. The van der Waals surface area contributed by atoms with Gasteiger partial charge in [0.05, 0.1) is 6.54 Å². The summed E-state index contributed by atoms with van der Waals surface area (Å²) < 4.78 is 13.5. The molecule has 1 aromatic rings. The van der Waals surface area contributed by atoms with Crippen LogP contribution in [0.1, 0.15) is 39.3 Å². The van der Waals surface area contributed by atoms with Crippen molar-refractivity contribution in [3.8, 4) is 0 Å². The molecule has 0 fully saturated rings. The lowest BCUT2D eigenvalue weighted by Gasteiger charge is -2.22. The van der Waals surface area contributed by atoms with E-state index in [9.17, 15) is 9.18 Å². The van der Waals surface area contributed by atoms with Gasteiger partial charge < -0.3 is 10.6 Å². The Bertz CT molecular complexity index is 413. The molecule has 0 unspecified atom stereocenters. The number of amides is 1. The van der Waals surface area contributed by atoms with Gasteiger partial charge in [-0.25, -0.2) is 4.39 Å². The van der Waals surface area contributed by atoms with Crippen molar-refractivity contribution >= 4 is 5.91 Å². The van der Waals surface area contributed by atoms with Gasteiger partial charge in [-0.05, 0) is 33.8 Å². The van der Waals surface area contributed by atoms with Crippen molar-refractivity contribution in [2.45, 2.75) is 39.3 Å². The van der Waals surface area contributed by atoms with Crippen molar-refractivity contribution in [3.63, 3.8) is 0 Å². The first-order valence-corrected chi connectivity index (χ1v) is 6.08. The first kappa shape index (κ1) is 14.6. The molecule has 1 atom stereocenters. The van der Waals surface area contributed by atoms with Gasteiger partial charge in [-0.3, -0.25) is 4.79 Å². The van der Waals surface area contributed by atoms with Crippen molar-refractivity contribution in [1.29, 1.82) is 0 Å². The molecule has 0 saturated carbocycles. The molecule has 0 radical (unpaired) electrons. The Morgan fingerprint density at radius 2 is 1.94 bits per heavy atom. The van der Waals surface area contributed by atoms with Gasteiger partial charge >= 0.3 is 0 Å². The second-order valence-corrected chi connectivity index (χ2v) is 5.42. The second kappa shape index (κ2) is 5.96. The zero-order chi connectivity index (χ0) is 13.8. The minimum absolute atomic E-state index is 0.0920. The van der Waals surface area contributed by atoms with Crippen LogP contribution in [0.4, 0.5) is 4.39 Å². The summed E-state index contributed by atoms with van der Waals surface area (Å²) in [6, 6.07) is 6.37. The van der Waals surface area contributed by atoms with Gasteiger partial charge in [-0.1, -0.05) is 18.2 Å². The summed E-state index contributed by atoms with van der Waals surface area (Å²) in [4.78, 5) is 11.6. The van der Waals surface area contributed by atoms with Gasteiger partial charge in [0.2, 0.25) is 5.91 Å². The van der Waals surface area contributed by atoms with Crippen LogP contribution in [0.2, 0.25) is 0 Å². The van der Waals surface area contributed by atoms with Crippen molar-refractivity contribution in [2.75, 3.05) is 6.54 Å². The first-order valence-electron chi connectivity index (χ1n) is 6.08. The third-order valence-corrected chi connectivity index (χ3v) is 2.45. The van der Waals surface area contributed by atoms with Crippen LogP contribution in [0.5, 0.6) is 0 Å². The fourth-order valence-corrected chi connectivity index (χ4v) is 1.64. The molecule has 18 heavy (non-hydrogen) atoms. The first-order chi connectivity index (χ1) is 8.29. The highest BCUT2D eigenvalue weighted by Gasteiger charge is 2.15. The van der Waals surface area contributed by atoms with E-state index in [2.05, 4.69) is 10.6 Å². The van der Waals surface area contributed by atoms with Crippen LogP contribution in [0.3, 0.4) is 0 Å². The Labute approximate surface area is 108 Å². The quantitative estimate of drug-likeness (QED) is 0.864. The summed E-state index contributed by atoms with van der Waals surface area (Å²) in [6.07, 6.45) is 0. The van der Waals surface area contributed by atoms with E-state index in [1.165, 1.54) is 6.07 Å². The number of benzene rings is 1. The molecule has 0 saturated heterocycles. The smallest absolute Gasteiger partial charge is 0.234 e. The van der Waals surface area contributed by atoms with Gasteiger partial charge in [0.25, 0.3) is 0 Å². The highest BCUT2D eigenvalue weighted by molar-refractivity contribution is 5.78. The Morgan fingerprint density at radius 3 is 2.50 bits per heavy atom. The average Bonchev–Trinajstić information content (AvgIpc) is 2.24. The number of carbonyl (C=O) groups is 1. The lowest BCUT2D eigenvalue weighted by Crippen LogP contribution is -2.45. The van der Waals surface area contributed by atoms with E-state index in [1.807, 2.05) is 27.7 Å². The fraction of sp³-hybridized carbons (Fsp3) is 0.500. The van der Waals surface area contributed by atoms with E-state index >= 15 is 0 Å². The zero-order valence-corrected chi connectivity index (χ0v) is 11.4. The molecule has 3 nitrogen and oxygen atoms in total. The molecule has 0 aliphatic carbocycles. The Kier molecular flexibility index (Phi) is 4.84. The second-order valence-electron chi connectivity index (χ2n) is 5.42. The molecular weight excluding hydrogens is 231 g/mol. The number of rotatable bonds is 4. The Hall–Kier alpha value is -1.42. The highest BCUT2D eigenvalue weighted by Crippen LogP contribution is 2.15. The molecular formula is C14H21FN2O. The summed E-state index contributed by atoms with van der Waals surface area (Å²) in [5.41, 5.74) is 0.320. The van der Waals surface area contributed by atoms with Gasteiger partial charge in [0.15, 0.2) is 0 Å². The van der Waals surface area contributed by atoms with E-state index in [0.29, 0.717) is 5.56 Å². The number of carbonyl (C=O) groups excluding carboxylic acids is 1. The fourth-order valence-electron chi connectivity index (χ4n) is 1.64. The minimum atomic E-state index is -0.256. The SMILES string of the molecule is C[C@@H](NCC(=O)NC(C)(C)C)c1ccccc1F. The summed E-state index contributed by atoms with van der Waals surface area (Å²) in [7, 11) is 0. The number of hydrogen-bond donors (Lipinski definition) is 2. The third kappa shape index (κ3) is 4.84. The van der Waals surface area contributed by atoms with Gasteiger partial charge in [0.1, 0.15) is 5.82 Å². The summed E-state index contributed by atoms with van der Waals surface area (Å²) in [5, 5.41) is 5.86. The largest absolute Gasteiger partial charge is 0.350 e. The molecule has 0 aliphatic rings. The Morgan fingerprint density at radius 1 is 1.33 bits per heavy atom. The molecule has 0 heterocycles. The molecule has 0 aliphatic heterocycles. The third-order valence-electron chi connectivity index (χ3n) is 2.45. The maximum atomic E-state index is 13.5. The van der Waals surface area contributed by atoms with Crippen LogP contribution in [-0.2, 0) is 4.79 Å². The summed E-state index contributed by atoms with van der Waals surface area (Å²) >= 11 is 0. The molecule has 4 heteroatoms. The van der Waals surface area contributed by atoms with Crippen LogP contribution in [0.25, 0.3) is 0 Å². The van der Waals surface area contributed by atoms with Crippen LogP contribution in [0.15, 0.2) is 24.3 Å². The maximum absolute atomic E-state index is 13.5. The molecule has 0 aromatic heterocycles. The van der Waals surface area contributed by atoms with E-state index in [0.717, 1.165) is 0 Å². The maximum Gasteiger partial charge on any atom is 0.234 e. The van der Waals surface area contributed by atoms with Crippen molar-refractivity contribution in [2.24, 2.45) is 0 Å². The number of halogens is 1. The van der Waals surface area contributed by atoms with Crippen molar-refractivity contribution in [1.82, 2.24) is 10.6 Å². The molecule has 0 spiro atoms. The minimum Gasteiger partial charge on any atom is -0.350 e. The molecule has 2 N–H and O–H groups in total. The predicted octanol–water partition coefficient (Wildman–Crippen LogP) is 2.39. The van der Waals surface area contributed by atoms with Gasteiger partial charge in [0, 0.05) is 17.1 Å². The Balaban J connectivity index is 2.49. The van der Waals surface area contributed by atoms with Crippen LogP contribution >= 0.6 is 0 Å². The van der Waals surface area contributed by atoms with E-state index in [4.69, 9.17) is 0 Å². The van der Waals surface area contributed by atoms with E-state index < -0.39 is 0 Å².